The Morgan fingerprint density at radius 2 is 1.74 bits per heavy atom. The van der Waals surface area contributed by atoms with Gasteiger partial charge in [0.1, 0.15) is 0 Å². The zero-order valence-corrected chi connectivity index (χ0v) is 15.0. The molecule has 0 saturated carbocycles. The lowest BCUT2D eigenvalue weighted by Gasteiger charge is -2.38. The summed E-state index contributed by atoms with van der Waals surface area (Å²) in [6, 6.07) is 10.9. The van der Waals surface area contributed by atoms with Crippen LogP contribution in [-0.2, 0) is 11.2 Å². The number of benzene rings is 1. The first kappa shape index (κ1) is 18.0. The molecule has 23 heavy (non-hydrogen) atoms. The van der Waals surface area contributed by atoms with Gasteiger partial charge in [-0.25, -0.2) is 0 Å². The van der Waals surface area contributed by atoms with Gasteiger partial charge in [-0.05, 0) is 19.0 Å². The number of carbonyl (C=O) groups is 1. The van der Waals surface area contributed by atoms with Crippen molar-refractivity contribution in [2.24, 2.45) is 5.41 Å². The zero-order chi connectivity index (χ0) is 16.9. The second kappa shape index (κ2) is 7.93. The van der Waals surface area contributed by atoms with Crippen molar-refractivity contribution in [3.63, 3.8) is 0 Å². The monoisotopic (exact) mass is 317 g/mol. The summed E-state index contributed by atoms with van der Waals surface area (Å²) in [6.45, 7) is 10.9. The van der Waals surface area contributed by atoms with Gasteiger partial charge >= 0.3 is 0 Å². The Morgan fingerprint density at radius 1 is 1.13 bits per heavy atom. The predicted octanol–water partition coefficient (Wildman–Crippen LogP) is 2.01. The first-order chi connectivity index (χ1) is 10.9. The fourth-order valence-corrected chi connectivity index (χ4v) is 2.88. The van der Waals surface area contributed by atoms with Gasteiger partial charge in [-0.3, -0.25) is 9.69 Å². The van der Waals surface area contributed by atoms with Crippen LogP contribution in [0.5, 0.6) is 0 Å². The van der Waals surface area contributed by atoms with E-state index in [9.17, 15) is 4.79 Å². The van der Waals surface area contributed by atoms with E-state index >= 15 is 0 Å². The number of hydrogen-bond donors (Lipinski definition) is 1. The van der Waals surface area contributed by atoms with Crippen LogP contribution in [0.3, 0.4) is 0 Å². The van der Waals surface area contributed by atoms with Crippen molar-refractivity contribution in [3.05, 3.63) is 35.9 Å². The third-order valence-electron chi connectivity index (χ3n) is 4.55. The van der Waals surface area contributed by atoms with Crippen LogP contribution in [0.1, 0.15) is 26.3 Å². The first-order valence-corrected chi connectivity index (χ1v) is 8.61. The van der Waals surface area contributed by atoms with Crippen LogP contribution in [0, 0.1) is 5.41 Å². The average Bonchev–Trinajstić information content (AvgIpc) is 2.52. The standard InChI is InChI=1S/C19H31N3O/c1-19(2,3)18(23)20-15-17(14-16-8-6-5-7-9-16)22-12-10-21(4)11-13-22/h5-9,17H,10-15H2,1-4H3,(H,20,23). The van der Waals surface area contributed by atoms with E-state index in [0.29, 0.717) is 12.6 Å². The van der Waals surface area contributed by atoms with Crippen LogP contribution < -0.4 is 5.32 Å². The maximum atomic E-state index is 12.2. The molecule has 4 nitrogen and oxygen atoms in total. The lowest BCUT2D eigenvalue weighted by Crippen LogP contribution is -2.53. The van der Waals surface area contributed by atoms with Gasteiger partial charge in [0.2, 0.25) is 5.91 Å². The van der Waals surface area contributed by atoms with E-state index in [1.54, 1.807) is 0 Å². The van der Waals surface area contributed by atoms with E-state index in [1.807, 2.05) is 20.8 Å². The molecule has 1 atom stereocenters. The number of amides is 1. The normalized spacial score (nSPS) is 18.6. The number of likely N-dealkylation sites (N-methyl/N-ethyl adjacent to an activating group) is 1. The number of nitrogens with zero attached hydrogens (tertiary/aromatic N) is 2. The molecule has 1 saturated heterocycles. The summed E-state index contributed by atoms with van der Waals surface area (Å²) in [7, 11) is 2.17. The fraction of sp³-hybridized carbons (Fsp3) is 0.632. The molecule has 128 valence electrons. The van der Waals surface area contributed by atoms with Crippen molar-refractivity contribution in [1.29, 1.82) is 0 Å². The molecule has 1 unspecified atom stereocenters. The molecule has 1 aliphatic heterocycles. The van der Waals surface area contributed by atoms with E-state index in [1.165, 1.54) is 5.56 Å². The van der Waals surface area contributed by atoms with Crippen molar-refractivity contribution in [2.45, 2.75) is 33.2 Å². The molecular weight excluding hydrogens is 286 g/mol. The Balaban J connectivity index is 2.00. The van der Waals surface area contributed by atoms with Crippen molar-refractivity contribution >= 4 is 5.91 Å². The van der Waals surface area contributed by atoms with Gasteiger partial charge in [-0.15, -0.1) is 0 Å². The fourth-order valence-electron chi connectivity index (χ4n) is 2.88. The summed E-state index contributed by atoms with van der Waals surface area (Å²) in [5.41, 5.74) is 1.00. The van der Waals surface area contributed by atoms with Gasteiger partial charge in [0.15, 0.2) is 0 Å². The summed E-state index contributed by atoms with van der Waals surface area (Å²) in [5.74, 6) is 0.129. The molecule has 4 heteroatoms. The Bertz CT molecular complexity index is 487. The lowest BCUT2D eigenvalue weighted by atomic mass is 9.95. The van der Waals surface area contributed by atoms with Crippen LogP contribution in [-0.4, -0.2) is 61.5 Å². The minimum atomic E-state index is -0.334. The lowest BCUT2D eigenvalue weighted by molar-refractivity contribution is -0.128. The number of piperazine rings is 1. The smallest absolute Gasteiger partial charge is 0.225 e. The van der Waals surface area contributed by atoms with E-state index in [0.717, 1.165) is 32.6 Å². The quantitative estimate of drug-likeness (QED) is 0.902. The topological polar surface area (TPSA) is 35.6 Å². The summed E-state index contributed by atoms with van der Waals surface area (Å²) in [6.07, 6.45) is 0.981. The molecule has 0 aliphatic carbocycles. The molecule has 0 aromatic heterocycles. The predicted molar refractivity (Wildman–Crippen MR) is 95.5 cm³/mol. The maximum Gasteiger partial charge on any atom is 0.225 e. The van der Waals surface area contributed by atoms with Gasteiger partial charge in [-0.2, -0.15) is 0 Å². The number of rotatable bonds is 5. The SMILES string of the molecule is CN1CCN(C(CNC(=O)C(C)(C)C)Cc2ccccc2)CC1. The van der Waals surface area contributed by atoms with Crippen molar-refractivity contribution in [2.75, 3.05) is 39.8 Å². The average molecular weight is 317 g/mol. The largest absolute Gasteiger partial charge is 0.354 e. The highest BCUT2D eigenvalue weighted by atomic mass is 16.2. The number of hydrogen-bond acceptors (Lipinski definition) is 3. The van der Waals surface area contributed by atoms with Crippen molar-refractivity contribution in [1.82, 2.24) is 15.1 Å². The Labute approximate surface area is 140 Å². The van der Waals surface area contributed by atoms with Crippen LogP contribution >= 0.6 is 0 Å². The summed E-state index contributed by atoms with van der Waals surface area (Å²) >= 11 is 0. The highest BCUT2D eigenvalue weighted by Crippen LogP contribution is 2.14. The molecule has 0 spiro atoms. The molecule has 0 bridgehead atoms. The molecule has 1 fully saturated rings. The number of carbonyl (C=O) groups excluding carboxylic acids is 1. The summed E-state index contributed by atoms with van der Waals surface area (Å²) in [5, 5.41) is 3.16. The second-order valence-corrected chi connectivity index (χ2v) is 7.64. The van der Waals surface area contributed by atoms with Gasteiger partial charge in [-0.1, -0.05) is 51.1 Å². The molecule has 1 aromatic carbocycles. The molecule has 1 aliphatic rings. The molecule has 1 aromatic rings. The molecule has 0 radical (unpaired) electrons. The van der Waals surface area contributed by atoms with E-state index in [2.05, 4.69) is 52.5 Å². The molecule has 1 amide bonds. The van der Waals surface area contributed by atoms with Crippen molar-refractivity contribution < 1.29 is 4.79 Å². The third-order valence-corrected chi connectivity index (χ3v) is 4.55. The van der Waals surface area contributed by atoms with Crippen LogP contribution in [0.25, 0.3) is 0 Å². The van der Waals surface area contributed by atoms with Crippen molar-refractivity contribution in [3.8, 4) is 0 Å². The Morgan fingerprint density at radius 3 is 2.30 bits per heavy atom. The van der Waals surface area contributed by atoms with Gasteiger partial charge in [0.05, 0.1) is 0 Å². The summed E-state index contributed by atoms with van der Waals surface area (Å²) in [4.78, 5) is 17.1. The van der Waals surface area contributed by atoms with Gasteiger partial charge in [0, 0.05) is 44.2 Å². The van der Waals surface area contributed by atoms with Gasteiger partial charge < -0.3 is 10.2 Å². The van der Waals surface area contributed by atoms with E-state index in [4.69, 9.17) is 0 Å². The second-order valence-electron chi connectivity index (χ2n) is 7.64. The minimum absolute atomic E-state index is 0.129. The third kappa shape index (κ3) is 5.63. The molecule has 1 heterocycles. The number of nitrogens with one attached hydrogen (secondary N) is 1. The van der Waals surface area contributed by atoms with E-state index in [-0.39, 0.29) is 11.3 Å². The van der Waals surface area contributed by atoms with Crippen LogP contribution in [0.15, 0.2) is 30.3 Å². The van der Waals surface area contributed by atoms with Gasteiger partial charge in [0.25, 0.3) is 0 Å². The minimum Gasteiger partial charge on any atom is -0.354 e. The summed E-state index contributed by atoms with van der Waals surface area (Å²) < 4.78 is 0. The molecular formula is C19H31N3O. The van der Waals surface area contributed by atoms with Crippen LogP contribution in [0.2, 0.25) is 0 Å². The highest BCUT2D eigenvalue weighted by Gasteiger charge is 2.26. The first-order valence-electron chi connectivity index (χ1n) is 8.61. The maximum absolute atomic E-state index is 12.2. The Hall–Kier alpha value is -1.39. The van der Waals surface area contributed by atoms with E-state index < -0.39 is 0 Å². The Kier molecular flexibility index (Phi) is 6.19. The van der Waals surface area contributed by atoms with Crippen LogP contribution in [0.4, 0.5) is 0 Å². The molecule has 2 rings (SSSR count). The zero-order valence-electron chi connectivity index (χ0n) is 15.0. The highest BCUT2D eigenvalue weighted by molar-refractivity contribution is 5.81. The molecule has 1 N–H and O–H groups in total.